The minimum absolute atomic E-state index is 0.292. The maximum atomic E-state index is 12.7. The number of primary amides is 1. The number of nitrogens with zero attached hydrogens (tertiary/aromatic N) is 1. The maximum Gasteiger partial charge on any atom is 0.319 e. The predicted octanol–water partition coefficient (Wildman–Crippen LogP) is 3.14. The van der Waals surface area contributed by atoms with Crippen LogP contribution in [0.25, 0.3) is 0 Å². The number of imide groups is 1. The van der Waals surface area contributed by atoms with Gasteiger partial charge in [-0.2, -0.15) is 0 Å². The standard InChI is InChI=1S/C20H24N4O3S/c1-3-24(4-2)13-10-8-12(9-11-13)17(25)22-19-16(18(26)23-20(21)27)14-6-5-7-15(14)28-19/h8-11H,3-7H2,1-2H3,(H,22,25)(H3,21,23,26,27). The summed E-state index contributed by atoms with van der Waals surface area (Å²) < 4.78 is 0. The first-order valence-corrected chi connectivity index (χ1v) is 10.2. The summed E-state index contributed by atoms with van der Waals surface area (Å²) >= 11 is 1.39. The molecule has 1 aliphatic rings. The van der Waals surface area contributed by atoms with E-state index < -0.39 is 11.9 Å². The number of anilines is 2. The molecule has 2 aromatic rings. The summed E-state index contributed by atoms with van der Waals surface area (Å²) in [6, 6.07) is 6.46. The van der Waals surface area contributed by atoms with E-state index in [0.29, 0.717) is 16.1 Å². The topological polar surface area (TPSA) is 105 Å². The van der Waals surface area contributed by atoms with Gasteiger partial charge in [-0.05, 0) is 62.9 Å². The monoisotopic (exact) mass is 400 g/mol. The van der Waals surface area contributed by atoms with E-state index in [1.165, 1.54) is 11.3 Å². The summed E-state index contributed by atoms with van der Waals surface area (Å²) in [7, 11) is 0. The van der Waals surface area contributed by atoms with Gasteiger partial charge in [0.05, 0.1) is 5.56 Å². The molecule has 1 heterocycles. The first-order valence-electron chi connectivity index (χ1n) is 9.36. The van der Waals surface area contributed by atoms with Crippen LogP contribution in [0.15, 0.2) is 24.3 Å². The smallest absolute Gasteiger partial charge is 0.319 e. The van der Waals surface area contributed by atoms with Crippen LogP contribution in [-0.4, -0.2) is 30.9 Å². The number of nitrogens with one attached hydrogen (secondary N) is 2. The zero-order valence-electron chi connectivity index (χ0n) is 16.0. The largest absolute Gasteiger partial charge is 0.372 e. The van der Waals surface area contributed by atoms with Crippen LogP contribution < -0.4 is 21.3 Å². The van der Waals surface area contributed by atoms with Crippen molar-refractivity contribution < 1.29 is 14.4 Å². The van der Waals surface area contributed by atoms with Gasteiger partial charge in [-0.1, -0.05) is 0 Å². The van der Waals surface area contributed by atoms with E-state index in [1.807, 2.05) is 12.1 Å². The number of thiophene rings is 1. The van der Waals surface area contributed by atoms with Gasteiger partial charge in [-0.25, -0.2) is 4.79 Å². The molecule has 1 aromatic heterocycles. The Hall–Kier alpha value is -2.87. The van der Waals surface area contributed by atoms with Crippen LogP contribution in [0.1, 0.15) is 51.4 Å². The number of hydrogen-bond acceptors (Lipinski definition) is 5. The fourth-order valence-corrected chi connectivity index (χ4v) is 4.78. The number of hydrogen-bond donors (Lipinski definition) is 3. The fourth-order valence-electron chi connectivity index (χ4n) is 3.49. The van der Waals surface area contributed by atoms with Crippen molar-refractivity contribution in [3.63, 3.8) is 0 Å². The molecule has 4 N–H and O–H groups in total. The lowest BCUT2D eigenvalue weighted by atomic mass is 10.1. The molecule has 0 bridgehead atoms. The predicted molar refractivity (Wildman–Crippen MR) is 111 cm³/mol. The van der Waals surface area contributed by atoms with Crippen molar-refractivity contribution in [2.45, 2.75) is 33.1 Å². The van der Waals surface area contributed by atoms with Crippen molar-refractivity contribution in [2.24, 2.45) is 5.73 Å². The molecule has 0 atom stereocenters. The molecule has 28 heavy (non-hydrogen) atoms. The lowest BCUT2D eigenvalue weighted by molar-refractivity contribution is 0.0966. The van der Waals surface area contributed by atoms with Gasteiger partial charge < -0.3 is 16.0 Å². The number of rotatable bonds is 6. The lowest BCUT2D eigenvalue weighted by Crippen LogP contribution is -2.35. The second kappa shape index (κ2) is 8.43. The van der Waals surface area contributed by atoms with Crippen molar-refractivity contribution in [1.29, 1.82) is 0 Å². The zero-order chi connectivity index (χ0) is 20.3. The van der Waals surface area contributed by atoms with Crippen LogP contribution in [0.4, 0.5) is 15.5 Å². The van der Waals surface area contributed by atoms with Crippen molar-refractivity contribution in [3.05, 3.63) is 45.8 Å². The van der Waals surface area contributed by atoms with Crippen molar-refractivity contribution in [2.75, 3.05) is 23.3 Å². The summed E-state index contributed by atoms with van der Waals surface area (Å²) in [5.41, 5.74) is 7.90. The maximum absolute atomic E-state index is 12.7. The number of fused-ring (bicyclic) bond motifs is 1. The molecule has 0 spiro atoms. The zero-order valence-corrected chi connectivity index (χ0v) is 16.8. The number of urea groups is 1. The molecule has 7 nitrogen and oxygen atoms in total. The van der Waals surface area contributed by atoms with Gasteiger partial charge in [0.2, 0.25) is 0 Å². The third-order valence-corrected chi connectivity index (χ3v) is 6.08. The Morgan fingerprint density at radius 3 is 2.36 bits per heavy atom. The van der Waals surface area contributed by atoms with E-state index >= 15 is 0 Å². The molecular formula is C20H24N4O3S. The summed E-state index contributed by atoms with van der Waals surface area (Å²) in [6.07, 6.45) is 2.58. The number of aryl methyl sites for hydroxylation is 1. The van der Waals surface area contributed by atoms with E-state index in [1.54, 1.807) is 12.1 Å². The van der Waals surface area contributed by atoms with Crippen molar-refractivity contribution in [3.8, 4) is 0 Å². The van der Waals surface area contributed by atoms with E-state index in [0.717, 1.165) is 48.5 Å². The molecule has 4 amide bonds. The second-order valence-electron chi connectivity index (χ2n) is 6.55. The Bertz CT molecular complexity index is 901. The number of benzene rings is 1. The van der Waals surface area contributed by atoms with Crippen LogP contribution in [0.3, 0.4) is 0 Å². The van der Waals surface area contributed by atoms with Crippen molar-refractivity contribution >= 4 is 39.9 Å². The Kier molecular flexibility index (Phi) is 5.99. The third-order valence-electron chi connectivity index (χ3n) is 4.87. The lowest BCUT2D eigenvalue weighted by Gasteiger charge is -2.21. The van der Waals surface area contributed by atoms with Gasteiger partial charge in [-0.15, -0.1) is 11.3 Å². The second-order valence-corrected chi connectivity index (χ2v) is 7.66. The fraction of sp³-hybridized carbons (Fsp3) is 0.350. The van der Waals surface area contributed by atoms with Gasteiger partial charge in [0, 0.05) is 29.2 Å². The highest BCUT2D eigenvalue weighted by molar-refractivity contribution is 7.17. The molecule has 0 saturated heterocycles. The molecule has 3 rings (SSSR count). The highest BCUT2D eigenvalue weighted by Gasteiger charge is 2.28. The van der Waals surface area contributed by atoms with Gasteiger partial charge in [0.15, 0.2) is 0 Å². The summed E-state index contributed by atoms with van der Waals surface area (Å²) in [5.74, 6) is -0.863. The summed E-state index contributed by atoms with van der Waals surface area (Å²) in [4.78, 5) is 39.5. The minimum atomic E-state index is -0.910. The van der Waals surface area contributed by atoms with E-state index in [-0.39, 0.29) is 5.91 Å². The molecule has 0 aliphatic heterocycles. The van der Waals surface area contributed by atoms with Gasteiger partial charge in [0.25, 0.3) is 11.8 Å². The van der Waals surface area contributed by atoms with Crippen LogP contribution in [0, 0.1) is 0 Å². The highest BCUT2D eigenvalue weighted by atomic mass is 32.1. The molecule has 0 unspecified atom stereocenters. The normalized spacial score (nSPS) is 12.4. The third kappa shape index (κ3) is 4.01. The Morgan fingerprint density at radius 1 is 1.07 bits per heavy atom. The first kappa shape index (κ1) is 19.9. The van der Waals surface area contributed by atoms with Gasteiger partial charge in [0.1, 0.15) is 5.00 Å². The van der Waals surface area contributed by atoms with Crippen molar-refractivity contribution in [1.82, 2.24) is 5.32 Å². The van der Waals surface area contributed by atoms with Crippen LogP contribution >= 0.6 is 11.3 Å². The molecule has 0 saturated carbocycles. The first-order chi connectivity index (χ1) is 13.4. The molecule has 148 valence electrons. The SMILES string of the molecule is CCN(CC)c1ccc(C(=O)Nc2sc3c(c2C(=O)NC(N)=O)CCC3)cc1. The number of carbonyl (C=O) groups excluding carboxylic acids is 3. The molecule has 1 aromatic carbocycles. The average molecular weight is 401 g/mol. The van der Waals surface area contributed by atoms with E-state index in [4.69, 9.17) is 5.73 Å². The van der Waals surface area contributed by atoms with E-state index in [2.05, 4.69) is 29.4 Å². The van der Waals surface area contributed by atoms with Crippen LogP contribution in [0.5, 0.6) is 0 Å². The minimum Gasteiger partial charge on any atom is -0.372 e. The molecule has 0 fully saturated rings. The number of nitrogens with two attached hydrogens (primary N) is 1. The molecular weight excluding hydrogens is 376 g/mol. The van der Waals surface area contributed by atoms with Gasteiger partial charge in [-0.3, -0.25) is 14.9 Å². The van der Waals surface area contributed by atoms with E-state index in [9.17, 15) is 14.4 Å². The molecule has 8 heteroatoms. The van der Waals surface area contributed by atoms with Gasteiger partial charge >= 0.3 is 6.03 Å². The van der Waals surface area contributed by atoms with Crippen LogP contribution in [-0.2, 0) is 12.8 Å². The van der Waals surface area contributed by atoms with Crippen LogP contribution in [0.2, 0.25) is 0 Å². The average Bonchev–Trinajstić information content (AvgIpc) is 3.23. The quantitative estimate of drug-likeness (QED) is 0.693. The Labute approximate surface area is 167 Å². The summed E-state index contributed by atoms with van der Waals surface area (Å²) in [5, 5.41) is 5.41. The highest BCUT2D eigenvalue weighted by Crippen LogP contribution is 2.39. The molecule has 1 aliphatic carbocycles. The Balaban J connectivity index is 1.82. The molecule has 0 radical (unpaired) electrons. The summed E-state index contributed by atoms with van der Waals surface area (Å²) in [6.45, 7) is 5.94. The number of amides is 4. The Morgan fingerprint density at radius 2 is 1.75 bits per heavy atom. The number of carbonyl (C=O) groups is 3.